The molecule has 0 radical (unpaired) electrons. The molecule has 2 aliphatic heterocycles. The van der Waals surface area contributed by atoms with Gasteiger partial charge in [-0.15, -0.1) is 0 Å². The molecule has 0 aliphatic carbocycles. The lowest BCUT2D eigenvalue weighted by Gasteiger charge is -2.27. The second-order valence-electron chi connectivity index (χ2n) is 5.30. The predicted molar refractivity (Wildman–Crippen MR) is 75.4 cm³/mol. The molecule has 112 valence electrons. The van der Waals surface area contributed by atoms with Crippen LogP contribution in [0.4, 0.5) is 5.69 Å². The van der Waals surface area contributed by atoms with Gasteiger partial charge in [-0.05, 0) is 12.1 Å². The number of carbonyl (C=O) groups excluding carboxylic acids is 2. The highest BCUT2D eigenvalue weighted by Gasteiger charge is 2.46. The third-order valence-electron chi connectivity index (χ3n) is 4.09. The van der Waals surface area contributed by atoms with Crippen LogP contribution in [0.1, 0.15) is 6.42 Å². The molecule has 2 fully saturated rings. The molecule has 2 amide bonds. The summed E-state index contributed by atoms with van der Waals surface area (Å²) in [5, 5.41) is 0. The Bertz CT molecular complexity index is 554. The molecule has 2 saturated heterocycles. The Balaban J connectivity index is 1.82. The van der Waals surface area contributed by atoms with Crippen molar-refractivity contribution in [2.24, 2.45) is 0 Å². The van der Waals surface area contributed by atoms with Crippen LogP contribution in [-0.4, -0.2) is 51.3 Å². The minimum atomic E-state index is -0.285. The molecular weight excluding hydrogens is 272 g/mol. The van der Waals surface area contributed by atoms with Gasteiger partial charge in [-0.2, -0.15) is 0 Å². The fraction of sp³-hybridized carbons (Fsp3) is 0.467. The van der Waals surface area contributed by atoms with E-state index in [1.165, 1.54) is 4.90 Å². The van der Waals surface area contributed by atoms with E-state index in [0.29, 0.717) is 24.7 Å². The van der Waals surface area contributed by atoms with Crippen molar-refractivity contribution in [1.82, 2.24) is 0 Å². The van der Waals surface area contributed by atoms with Crippen molar-refractivity contribution < 1.29 is 24.0 Å². The second-order valence-corrected chi connectivity index (χ2v) is 5.30. The Kier molecular flexibility index (Phi) is 3.90. The van der Waals surface area contributed by atoms with Gasteiger partial charge in [0, 0.05) is 6.07 Å². The zero-order valence-electron chi connectivity index (χ0n) is 12.0. The lowest BCUT2D eigenvalue weighted by atomic mass is 10.2. The van der Waals surface area contributed by atoms with Crippen LogP contribution in [-0.2, 0) is 14.3 Å². The smallest absolute Gasteiger partial charge is 0.292 e. The second kappa shape index (κ2) is 5.83. The molecule has 2 heterocycles. The molecule has 0 saturated carbocycles. The lowest BCUT2D eigenvalue weighted by Crippen LogP contribution is -3.18. The van der Waals surface area contributed by atoms with Crippen LogP contribution < -0.4 is 14.5 Å². The van der Waals surface area contributed by atoms with E-state index < -0.39 is 0 Å². The number of methoxy groups -OCH3 is 1. The fourth-order valence-corrected chi connectivity index (χ4v) is 2.95. The number of anilines is 1. The number of nitrogens with one attached hydrogen (secondary N) is 1. The standard InChI is InChI=1S/C15H18N2O4/c1-20-12-4-2-3-11(9-12)17-14(18)10-13(15(17)19)16-5-7-21-8-6-16/h2-4,9,13H,5-8,10H2,1H3/p+1. The summed E-state index contributed by atoms with van der Waals surface area (Å²) >= 11 is 0. The number of rotatable bonds is 3. The minimum Gasteiger partial charge on any atom is -0.497 e. The molecular formula is C15H19N2O4+. The van der Waals surface area contributed by atoms with Gasteiger partial charge in [0.25, 0.3) is 5.91 Å². The van der Waals surface area contributed by atoms with Gasteiger partial charge in [0.2, 0.25) is 5.91 Å². The average molecular weight is 291 g/mol. The van der Waals surface area contributed by atoms with Gasteiger partial charge >= 0.3 is 0 Å². The van der Waals surface area contributed by atoms with Crippen LogP contribution in [0.25, 0.3) is 0 Å². The SMILES string of the molecule is COc1cccc(N2C(=O)CC([NH+]3CCOCC3)C2=O)c1. The largest absolute Gasteiger partial charge is 0.497 e. The number of ether oxygens (including phenoxy) is 2. The summed E-state index contributed by atoms with van der Waals surface area (Å²) in [6, 6.07) is 6.76. The Morgan fingerprint density at radius 3 is 2.76 bits per heavy atom. The molecule has 1 aromatic carbocycles. The van der Waals surface area contributed by atoms with Crippen molar-refractivity contribution in [3.8, 4) is 5.75 Å². The number of quaternary nitrogens is 1. The van der Waals surface area contributed by atoms with Crippen LogP contribution in [0, 0.1) is 0 Å². The summed E-state index contributed by atoms with van der Waals surface area (Å²) in [6.07, 6.45) is 0.269. The number of nitrogens with zero attached hydrogens (tertiary/aromatic N) is 1. The van der Waals surface area contributed by atoms with Crippen molar-refractivity contribution in [3.05, 3.63) is 24.3 Å². The fourth-order valence-electron chi connectivity index (χ4n) is 2.95. The maximum atomic E-state index is 12.6. The molecule has 6 nitrogen and oxygen atoms in total. The van der Waals surface area contributed by atoms with Gasteiger partial charge in [-0.3, -0.25) is 9.59 Å². The highest BCUT2D eigenvalue weighted by molar-refractivity contribution is 6.21. The molecule has 0 bridgehead atoms. The Morgan fingerprint density at radius 2 is 2.05 bits per heavy atom. The summed E-state index contributed by atoms with van der Waals surface area (Å²) in [7, 11) is 1.56. The topological polar surface area (TPSA) is 60.3 Å². The molecule has 1 atom stereocenters. The predicted octanol–water partition coefficient (Wildman–Crippen LogP) is -0.758. The molecule has 21 heavy (non-hydrogen) atoms. The Morgan fingerprint density at radius 1 is 1.29 bits per heavy atom. The van der Waals surface area contributed by atoms with Crippen LogP contribution >= 0.6 is 0 Å². The van der Waals surface area contributed by atoms with E-state index in [4.69, 9.17) is 9.47 Å². The van der Waals surface area contributed by atoms with E-state index >= 15 is 0 Å². The van der Waals surface area contributed by atoms with Crippen LogP contribution in [0.3, 0.4) is 0 Å². The molecule has 1 N–H and O–H groups in total. The quantitative estimate of drug-likeness (QED) is 0.744. The van der Waals surface area contributed by atoms with E-state index in [0.717, 1.165) is 18.0 Å². The van der Waals surface area contributed by atoms with E-state index in [-0.39, 0.29) is 24.3 Å². The van der Waals surface area contributed by atoms with Gasteiger partial charge in [0.15, 0.2) is 6.04 Å². The number of morpholine rings is 1. The van der Waals surface area contributed by atoms with Gasteiger partial charge in [0.1, 0.15) is 18.8 Å². The van der Waals surface area contributed by atoms with E-state index in [2.05, 4.69) is 0 Å². The zero-order valence-corrected chi connectivity index (χ0v) is 12.0. The Labute approximate surface area is 123 Å². The molecule has 6 heteroatoms. The normalized spacial score (nSPS) is 23.7. The van der Waals surface area contributed by atoms with E-state index in [1.54, 1.807) is 31.4 Å². The van der Waals surface area contributed by atoms with Gasteiger partial charge in [-0.1, -0.05) is 6.07 Å². The summed E-state index contributed by atoms with van der Waals surface area (Å²) in [4.78, 5) is 27.3. The van der Waals surface area contributed by atoms with Gasteiger partial charge in [-0.25, -0.2) is 4.90 Å². The Hall–Kier alpha value is -1.92. The van der Waals surface area contributed by atoms with E-state index in [9.17, 15) is 9.59 Å². The van der Waals surface area contributed by atoms with Crippen LogP contribution in [0.2, 0.25) is 0 Å². The van der Waals surface area contributed by atoms with Crippen molar-refractivity contribution in [2.45, 2.75) is 12.5 Å². The number of carbonyl (C=O) groups is 2. The lowest BCUT2D eigenvalue weighted by molar-refractivity contribution is -0.922. The molecule has 1 aromatic rings. The maximum Gasteiger partial charge on any atom is 0.292 e. The highest BCUT2D eigenvalue weighted by atomic mass is 16.5. The highest BCUT2D eigenvalue weighted by Crippen LogP contribution is 2.25. The van der Waals surface area contributed by atoms with Gasteiger partial charge in [0.05, 0.1) is 32.4 Å². The summed E-state index contributed by atoms with van der Waals surface area (Å²) in [5.41, 5.74) is 0.583. The first-order valence-electron chi connectivity index (χ1n) is 7.14. The zero-order chi connectivity index (χ0) is 14.8. The van der Waals surface area contributed by atoms with Crippen molar-refractivity contribution >= 4 is 17.5 Å². The third kappa shape index (κ3) is 2.64. The van der Waals surface area contributed by atoms with Crippen molar-refractivity contribution in [1.29, 1.82) is 0 Å². The summed E-state index contributed by atoms with van der Waals surface area (Å²) in [6.45, 7) is 2.84. The van der Waals surface area contributed by atoms with Crippen LogP contribution in [0.15, 0.2) is 24.3 Å². The van der Waals surface area contributed by atoms with Crippen LogP contribution in [0.5, 0.6) is 5.75 Å². The molecule has 0 aromatic heterocycles. The van der Waals surface area contributed by atoms with Gasteiger partial charge < -0.3 is 14.4 Å². The molecule has 1 unspecified atom stereocenters. The molecule has 0 spiro atoms. The summed E-state index contributed by atoms with van der Waals surface area (Å²) < 4.78 is 10.5. The minimum absolute atomic E-state index is 0.120. The molecule has 2 aliphatic rings. The third-order valence-corrected chi connectivity index (χ3v) is 4.09. The first-order chi connectivity index (χ1) is 10.2. The van der Waals surface area contributed by atoms with Crippen molar-refractivity contribution in [2.75, 3.05) is 38.3 Å². The number of hydrogen-bond donors (Lipinski definition) is 1. The monoisotopic (exact) mass is 291 g/mol. The van der Waals surface area contributed by atoms with Crippen molar-refractivity contribution in [3.63, 3.8) is 0 Å². The van der Waals surface area contributed by atoms with E-state index in [1.807, 2.05) is 0 Å². The number of benzene rings is 1. The first kappa shape index (κ1) is 14.0. The number of imide groups is 1. The number of amides is 2. The summed E-state index contributed by atoms with van der Waals surface area (Å²) in [5.74, 6) is 0.373. The number of hydrogen-bond acceptors (Lipinski definition) is 4. The first-order valence-corrected chi connectivity index (χ1v) is 7.14. The molecule has 3 rings (SSSR count). The average Bonchev–Trinajstić information content (AvgIpc) is 2.83. The maximum absolute atomic E-state index is 12.6.